The van der Waals surface area contributed by atoms with Crippen molar-refractivity contribution >= 4 is 5.91 Å². The summed E-state index contributed by atoms with van der Waals surface area (Å²) in [6, 6.07) is 21.0. The van der Waals surface area contributed by atoms with Crippen molar-refractivity contribution in [1.29, 1.82) is 0 Å². The highest BCUT2D eigenvalue weighted by Gasteiger charge is 2.30. The van der Waals surface area contributed by atoms with Gasteiger partial charge in [-0.15, -0.1) is 10.2 Å². The molecule has 3 aromatic rings. The predicted molar refractivity (Wildman–Crippen MR) is 139 cm³/mol. The third-order valence-electron chi connectivity index (χ3n) is 7.13. The largest absolute Gasteiger partial charge is 0.345 e. The van der Waals surface area contributed by atoms with Crippen LogP contribution in [0, 0.1) is 0 Å². The molecule has 2 aliphatic rings. The summed E-state index contributed by atoms with van der Waals surface area (Å²) < 4.78 is 2.19. The van der Waals surface area contributed by atoms with Crippen molar-refractivity contribution in [2.75, 3.05) is 40.3 Å². The Hall–Kier alpha value is -3.03. The van der Waals surface area contributed by atoms with Crippen LogP contribution in [0.5, 0.6) is 0 Å². The van der Waals surface area contributed by atoms with E-state index in [1.807, 2.05) is 36.7 Å². The van der Waals surface area contributed by atoms with Crippen molar-refractivity contribution in [3.63, 3.8) is 0 Å². The van der Waals surface area contributed by atoms with E-state index in [0.29, 0.717) is 6.04 Å². The highest BCUT2D eigenvalue weighted by atomic mass is 16.2. The van der Waals surface area contributed by atoms with Gasteiger partial charge in [-0.05, 0) is 37.5 Å². The Morgan fingerprint density at radius 2 is 1.60 bits per heavy atom. The molecule has 35 heavy (non-hydrogen) atoms. The second kappa shape index (κ2) is 12.1. The molecule has 0 spiro atoms. The van der Waals surface area contributed by atoms with Crippen LogP contribution >= 0.6 is 0 Å². The molecule has 1 aromatic heterocycles. The molecule has 0 bridgehead atoms. The number of hydrogen-bond acceptors (Lipinski definition) is 5. The Labute approximate surface area is 209 Å². The lowest BCUT2D eigenvalue weighted by Crippen LogP contribution is -2.52. The minimum Gasteiger partial charge on any atom is -0.345 e. The number of amides is 1. The van der Waals surface area contributed by atoms with Crippen LogP contribution in [0.3, 0.4) is 0 Å². The molecule has 2 heterocycles. The maximum Gasteiger partial charge on any atom is 0.253 e. The SMILES string of the molecule is CC(c1nncn1Cc1ccccc1)N1CCN(C2CCC2)CC1.CN(C)C(=O)c1ccccc1. The normalized spacial score (nSPS) is 17.7. The van der Waals surface area contributed by atoms with Gasteiger partial charge in [0.05, 0.1) is 12.6 Å². The number of piperazine rings is 1. The first-order chi connectivity index (χ1) is 17.0. The number of carbonyl (C=O) groups excluding carboxylic acids is 1. The number of benzene rings is 2. The Morgan fingerprint density at radius 3 is 2.17 bits per heavy atom. The summed E-state index contributed by atoms with van der Waals surface area (Å²) in [6.45, 7) is 7.77. The zero-order chi connectivity index (χ0) is 24.6. The van der Waals surface area contributed by atoms with E-state index >= 15 is 0 Å². The van der Waals surface area contributed by atoms with Crippen LogP contribution in [0.15, 0.2) is 67.0 Å². The van der Waals surface area contributed by atoms with E-state index in [-0.39, 0.29) is 5.91 Å². The average molecular weight is 475 g/mol. The summed E-state index contributed by atoms with van der Waals surface area (Å²) in [4.78, 5) is 18.1. The summed E-state index contributed by atoms with van der Waals surface area (Å²) >= 11 is 0. The third-order valence-corrected chi connectivity index (χ3v) is 7.13. The smallest absolute Gasteiger partial charge is 0.253 e. The third kappa shape index (κ3) is 6.55. The Balaban J connectivity index is 0.000000221. The topological polar surface area (TPSA) is 57.5 Å². The fraction of sp³-hybridized carbons (Fsp3) is 0.464. The molecular formula is C28H38N6O. The molecule has 186 valence electrons. The van der Waals surface area contributed by atoms with Crippen molar-refractivity contribution in [2.45, 2.75) is 44.8 Å². The zero-order valence-corrected chi connectivity index (χ0v) is 21.3. The van der Waals surface area contributed by atoms with Crippen molar-refractivity contribution in [3.05, 3.63) is 83.9 Å². The van der Waals surface area contributed by atoms with Gasteiger partial charge < -0.3 is 9.47 Å². The van der Waals surface area contributed by atoms with Gasteiger partial charge in [0.15, 0.2) is 0 Å². The molecule has 1 saturated carbocycles. The molecule has 1 atom stereocenters. The van der Waals surface area contributed by atoms with Crippen molar-refractivity contribution in [3.8, 4) is 0 Å². The van der Waals surface area contributed by atoms with Crippen LogP contribution in [0.2, 0.25) is 0 Å². The average Bonchev–Trinajstić information content (AvgIpc) is 3.32. The van der Waals surface area contributed by atoms with E-state index in [0.717, 1.165) is 37.1 Å². The van der Waals surface area contributed by atoms with E-state index < -0.39 is 0 Å². The van der Waals surface area contributed by atoms with Crippen molar-refractivity contribution in [1.82, 2.24) is 29.5 Å². The van der Waals surface area contributed by atoms with Gasteiger partial charge in [-0.3, -0.25) is 14.6 Å². The van der Waals surface area contributed by atoms with E-state index in [4.69, 9.17) is 0 Å². The number of nitrogens with zero attached hydrogens (tertiary/aromatic N) is 6. The first kappa shape index (κ1) is 25.1. The maximum absolute atomic E-state index is 11.3. The predicted octanol–water partition coefficient (Wildman–Crippen LogP) is 3.95. The molecule has 0 radical (unpaired) electrons. The molecule has 1 saturated heterocycles. The zero-order valence-electron chi connectivity index (χ0n) is 21.3. The fourth-order valence-electron chi connectivity index (χ4n) is 4.73. The molecule has 1 unspecified atom stereocenters. The number of rotatable bonds is 6. The summed E-state index contributed by atoms with van der Waals surface area (Å²) in [5.74, 6) is 1.13. The minimum absolute atomic E-state index is 0.0469. The van der Waals surface area contributed by atoms with E-state index in [1.165, 1.54) is 37.9 Å². The fourth-order valence-corrected chi connectivity index (χ4v) is 4.73. The molecule has 1 aliphatic carbocycles. The summed E-state index contributed by atoms with van der Waals surface area (Å²) in [5.41, 5.74) is 2.03. The Kier molecular flexibility index (Phi) is 8.66. The lowest BCUT2D eigenvalue weighted by Gasteiger charge is -2.44. The number of carbonyl (C=O) groups is 1. The molecule has 1 aliphatic heterocycles. The van der Waals surface area contributed by atoms with Crippen LogP contribution < -0.4 is 0 Å². The highest BCUT2D eigenvalue weighted by Crippen LogP contribution is 2.27. The van der Waals surface area contributed by atoms with Crippen LogP contribution in [-0.2, 0) is 6.54 Å². The van der Waals surface area contributed by atoms with Crippen LogP contribution in [0.1, 0.15) is 54.0 Å². The Bertz CT molecular complexity index is 1040. The van der Waals surface area contributed by atoms with E-state index in [2.05, 4.69) is 61.8 Å². The van der Waals surface area contributed by atoms with Crippen molar-refractivity contribution < 1.29 is 4.79 Å². The molecule has 7 nitrogen and oxygen atoms in total. The lowest BCUT2D eigenvalue weighted by atomic mass is 9.91. The van der Waals surface area contributed by atoms with Gasteiger partial charge in [0.25, 0.3) is 5.91 Å². The molecule has 5 rings (SSSR count). The molecular weight excluding hydrogens is 436 g/mol. The first-order valence-electron chi connectivity index (χ1n) is 12.7. The van der Waals surface area contributed by atoms with Gasteiger partial charge in [-0.2, -0.15) is 0 Å². The van der Waals surface area contributed by atoms with Crippen LogP contribution in [0.25, 0.3) is 0 Å². The van der Waals surface area contributed by atoms with Crippen LogP contribution in [0.4, 0.5) is 0 Å². The highest BCUT2D eigenvalue weighted by molar-refractivity contribution is 5.93. The minimum atomic E-state index is 0.0469. The van der Waals surface area contributed by atoms with Gasteiger partial charge in [0, 0.05) is 51.9 Å². The lowest BCUT2D eigenvalue weighted by molar-refractivity contribution is 0.0436. The van der Waals surface area contributed by atoms with Crippen molar-refractivity contribution in [2.24, 2.45) is 0 Å². The monoisotopic (exact) mass is 474 g/mol. The molecule has 1 amide bonds. The summed E-state index contributed by atoms with van der Waals surface area (Å²) in [6.07, 6.45) is 6.09. The first-order valence-corrected chi connectivity index (χ1v) is 12.7. The number of hydrogen-bond donors (Lipinski definition) is 0. The van der Waals surface area contributed by atoms with Gasteiger partial charge in [-0.25, -0.2) is 0 Å². The Morgan fingerprint density at radius 1 is 0.971 bits per heavy atom. The summed E-state index contributed by atoms with van der Waals surface area (Å²) in [5, 5.41) is 8.60. The summed E-state index contributed by atoms with van der Waals surface area (Å²) in [7, 11) is 3.49. The molecule has 2 fully saturated rings. The molecule has 7 heteroatoms. The van der Waals surface area contributed by atoms with Gasteiger partial charge in [-0.1, -0.05) is 55.0 Å². The quantitative estimate of drug-likeness (QED) is 0.542. The van der Waals surface area contributed by atoms with E-state index in [1.54, 1.807) is 19.0 Å². The second-order valence-electron chi connectivity index (χ2n) is 9.70. The molecule has 2 aromatic carbocycles. The standard InChI is InChI=1S/C19H27N5.C9H11NO/c1-16(22-10-12-23(13-11-22)18-8-5-9-18)19-21-20-15-24(19)14-17-6-3-2-4-7-17;1-10(2)9(11)8-6-4-3-5-7-8/h2-4,6-7,15-16,18H,5,8-14H2,1H3;3-7H,1-2H3. The molecule has 0 N–H and O–H groups in total. The van der Waals surface area contributed by atoms with E-state index in [9.17, 15) is 4.79 Å². The maximum atomic E-state index is 11.3. The van der Waals surface area contributed by atoms with Gasteiger partial charge in [0.1, 0.15) is 12.2 Å². The van der Waals surface area contributed by atoms with Crippen LogP contribution in [-0.4, -0.2) is 81.7 Å². The second-order valence-corrected chi connectivity index (χ2v) is 9.70. The van der Waals surface area contributed by atoms with Gasteiger partial charge >= 0.3 is 0 Å². The van der Waals surface area contributed by atoms with Gasteiger partial charge in [0.2, 0.25) is 0 Å². The number of aromatic nitrogens is 3.